The van der Waals surface area contributed by atoms with Crippen LogP contribution in [0.25, 0.3) is 0 Å². The Labute approximate surface area is 443 Å². The van der Waals surface area contributed by atoms with Gasteiger partial charge in [0.25, 0.3) is 0 Å². The van der Waals surface area contributed by atoms with Crippen molar-refractivity contribution in [2.75, 3.05) is 13.2 Å². The van der Waals surface area contributed by atoms with Gasteiger partial charge >= 0.3 is 5.97 Å². The molecule has 0 aliphatic heterocycles. The molecule has 6 heteroatoms. The second-order valence-electron chi connectivity index (χ2n) is 21.7. The largest absolute Gasteiger partial charge is 0.466 e. The Morgan fingerprint density at radius 3 is 1.10 bits per heavy atom. The van der Waals surface area contributed by atoms with Crippen LogP contribution in [0.2, 0.25) is 0 Å². The number of esters is 1. The highest BCUT2D eigenvalue weighted by atomic mass is 16.5. The van der Waals surface area contributed by atoms with Crippen LogP contribution in [-0.2, 0) is 14.3 Å². The molecule has 71 heavy (non-hydrogen) atoms. The van der Waals surface area contributed by atoms with E-state index in [9.17, 15) is 19.8 Å². The Kier molecular flexibility index (Phi) is 59.0. The second kappa shape index (κ2) is 60.6. The molecule has 0 aliphatic carbocycles. The van der Waals surface area contributed by atoms with Crippen molar-refractivity contribution in [1.82, 2.24) is 5.32 Å². The second-order valence-corrected chi connectivity index (χ2v) is 21.7. The highest BCUT2D eigenvalue weighted by molar-refractivity contribution is 5.76. The molecule has 3 N–H and O–H groups in total. The van der Waals surface area contributed by atoms with Crippen molar-refractivity contribution < 1.29 is 24.5 Å². The van der Waals surface area contributed by atoms with Gasteiger partial charge in [-0.3, -0.25) is 9.59 Å². The highest BCUT2D eigenvalue weighted by Crippen LogP contribution is 2.18. The molecule has 0 fully saturated rings. The monoisotopic (exact) mass is 998 g/mol. The van der Waals surface area contributed by atoms with Gasteiger partial charge in [-0.2, -0.15) is 0 Å². The molecular weight excluding hydrogens is 875 g/mol. The number of aliphatic hydroxyl groups is 2. The van der Waals surface area contributed by atoms with Crippen molar-refractivity contribution in [2.45, 2.75) is 353 Å². The van der Waals surface area contributed by atoms with Gasteiger partial charge in [0.2, 0.25) is 5.91 Å². The average Bonchev–Trinajstić information content (AvgIpc) is 3.37. The minimum absolute atomic E-state index is 0.00358. The van der Waals surface area contributed by atoms with Crippen LogP contribution >= 0.6 is 0 Å². The van der Waals surface area contributed by atoms with Crippen molar-refractivity contribution in [1.29, 1.82) is 0 Å². The summed E-state index contributed by atoms with van der Waals surface area (Å²) in [4.78, 5) is 24.5. The predicted molar refractivity (Wildman–Crippen MR) is 310 cm³/mol. The fourth-order valence-corrected chi connectivity index (χ4v) is 9.78. The minimum atomic E-state index is -0.841. The summed E-state index contributed by atoms with van der Waals surface area (Å²) in [6.07, 6.45) is 76.3. The topological polar surface area (TPSA) is 95.9 Å². The maximum absolute atomic E-state index is 12.4. The number of ether oxygens (including phenoxy) is 1. The van der Waals surface area contributed by atoms with Crippen LogP contribution in [0.5, 0.6) is 0 Å². The zero-order chi connectivity index (χ0) is 51.4. The van der Waals surface area contributed by atoms with E-state index in [4.69, 9.17) is 4.74 Å². The standard InChI is InChI=1S/C65H123NO5/c1-3-5-7-9-11-13-15-17-31-35-39-43-47-51-55-59-65(70)71-60-56-52-48-44-40-36-33-30-28-26-24-22-20-18-19-21-23-25-27-29-32-34-38-42-46-50-54-58-64(69)66-62(61-67)63(68)57-53-49-45-41-37-16-14-12-10-8-6-4-2/h11,13,17,31,53,57,62-63,67-68H,3-10,12,14-16,18-30,32-52,54-56,58-61H2,1-2H3,(H,66,69)/b13-11-,31-17-,57-53+. The first kappa shape index (κ1) is 69.1. The van der Waals surface area contributed by atoms with Crippen molar-refractivity contribution in [3.63, 3.8) is 0 Å². The SMILES string of the molecule is CCCCC/C=C\C/C=C\CCCCCCCC(=O)OCCCCCCCCCCCCCCCCCCCCCCCCCCCCCC(=O)NC(CO)C(O)/C=C/CCCCCCCCCCCC. The average molecular weight is 999 g/mol. The van der Waals surface area contributed by atoms with Gasteiger partial charge in [-0.05, 0) is 64.2 Å². The van der Waals surface area contributed by atoms with Gasteiger partial charge in [-0.25, -0.2) is 0 Å². The summed E-state index contributed by atoms with van der Waals surface area (Å²) in [6, 6.07) is -0.625. The van der Waals surface area contributed by atoms with E-state index in [1.807, 2.05) is 6.08 Å². The van der Waals surface area contributed by atoms with Gasteiger partial charge in [0.05, 0.1) is 25.4 Å². The van der Waals surface area contributed by atoms with Crippen molar-refractivity contribution in [3.05, 3.63) is 36.5 Å². The number of hydrogen-bond acceptors (Lipinski definition) is 5. The predicted octanol–water partition coefficient (Wildman–Crippen LogP) is 20.0. The number of hydrogen-bond donors (Lipinski definition) is 3. The van der Waals surface area contributed by atoms with Crippen LogP contribution in [0.15, 0.2) is 36.5 Å². The van der Waals surface area contributed by atoms with E-state index in [-0.39, 0.29) is 18.5 Å². The summed E-state index contributed by atoms with van der Waals surface area (Å²) in [6.45, 7) is 4.88. The summed E-state index contributed by atoms with van der Waals surface area (Å²) >= 11 is 0. The lowest BCUT2D eigenvalue weighted by molar-refractivity contribution is -0.143. The minimum Gasteiger partial charge on any atom is -0.466 e. The highest BCUT2D eigenvalue weighted by Gasteiger charge is 2.18. The number of unbranched alkanes of at least 4 members (excludes halogenated alkanes) is 44. The third kappa shape index (κ3) is 57.2. The lowest BCUT2D eigenvalue weighted by atomic mass is 10.0. The molecule has 0 aromatic carbocycles. The molecule has 0 aliphatic rings. The molecule has 6 nitrogen and oxygen atoms in total. The van der Waals surface area contributed by atoms with Crippen LogP contribution in [0.1, 0.15) is 341 Å². The number of rotatable bonds is 59. The molecular formula is C65H123NO5. The molecule has 418 valence electrons. The van der Waals surface area contributed by atoms with Crippen molar-refractivity contribution in [2.24, 2.45) is 0 Å². The molecule has 1 amide bonds. The van der Waals surface area contributed by atoms with E-state index >= 15 is 0 Å². The first-order chi connectivity index (χ1) is 35.0. The molecule has 0 spiro atoms. The Bertz CT molecular complexity index is 1150. The fraction of sp³-hybridized carbons (Fsp3) is 0.877. The summed E-state index contributed by atoms with van der Waals surface area (Å²) in [5, 5.41) is 23.1. The maximum Gasteiger partial charge on any atom is 0.305 e. The number of allylic oxidation sites excluding steroid dienone is 5. The third-order valence-corrected chi connectivity index (χ3v) is 14.7. The molecule has 0 bridgehead atoms. The van der Waals surface area contributed by atoms with Crippen molar-refractivity contribution >= 4 is 11.9 Å². The smallest absolute Gasteiger partial charge is 0.305 e. The van der Waals surface area contributed by atoms with Gasteiger partial charge in [0.15, 0.2) is 0 Å². The lowest BCUT2D eigenvalue weighted by Gasteiger charge is -2.20. The third-order valence-electron chi connectivity index (χ3n) is 14.7. The molecule has 0 saturated heterocycles. The number of carbonyl (C=O) groups is 2. The molecule has 2 unspecified atom stereocenters. The van der Waals surface area contributed by atoms with Crippen LogP contribution in [-0.4, -0.2) is 47.4 Å². The fourth-order valence-electron chi connectivity index (χ4n) is 9.78. The van der Waals surface area contributed by atoms with Crippen LogP contribution in [0, 0.1) is 0 Å². The Morgan fingerprint density at radius 2 is 0.704 bits per heavy atom. The van der Waals surface area contributed by atoms with E-state index in [2.05, 4.69) is 43.5 Å². The van der Waals surface area contributed by atoms with E-state index in [0.29, 0.717) is 19.4 Å². The van der Waals surface area contributed by atoms with E-state index < -0.39 is 12.1 Å². The number of aliphatic hydroxyl groups excluding tert-OH is 2. The molecule has 0 radical (unpaired) electrons. The Morgan fingerprint density at radius 1 is 0.394 bits per heavy atom. The van der Waals surface area contributed by atoms with Gasteiger partial charge in [-0.15, -0.1) is 0 Å². The Balaban J connectivity index is 3.35. The van der Waals surface area contributed by atoms with Gasteiger partial charge in [0.1, 0.15) is 0 Å². The first-order valence-electron chi connectivity index (χ1n) is 31.8. The van der Waals surface area contributed by atoms with E-state index in [1.54, 1.807) is 6.08 Å². The molecule has 0 rings (SSSR count). The van der Waals surface area contributed by atoms with Crippen LogP contribution in [0.4, 0.5) is 0 Å². The summed E-state index contributed by atoms with van der Waals surface area (Å²) in [5.41, 5.74) is 0. The number of amides is 1. The van der Waals surface area contributed by atoms with E-state index in [0.717, 1.165) is 51.4 Å². The zero-order valence-corrected chi connectivity index (χ0v) is 47.7. The molecule has 0 aromatic heterocycles. The summed E-state index contributed by atoms with van der Waals surface area (Å²) in [5.74, 6) is -0.0617. The Hall–Kier alpha value is -1.92. The summed E-state index contributed by atoms with van der Waals surface area (Å²) in [7, 11) is 0. The van der Waals surface area contributed by atoms with Crippen LogP contribution in [0.3, 0.4) is 0 Å². The van der Waals surface area contributed by atoms with Gasteiger partial charge in [-0.1, -0.05) is 301 Å². The molecule has 0 saturated carbocycles. The van der Waals surface area contributed by atoms with Crippen molar-refractivity contribution in [3.8, 4) is 0 Å². The quantitative estimate of drug-likeness (QED) is 0.0321. The summed E-state index contributed by atoms with van der Waals surface area (Å²) < 4.78 is 5.48. The number of carbonyl (C=O) groups excluding carboxylic acids is 2. The molecule has 0 aromatic rings. The maximum atomic E-state index is 12.4. The molecule has 0 heterocycles. The van der Waals surface area contributed by atoms with Gasteiger partial charge < -0.3 is 20.3 Å². The van der Waals surface area contributed by atoms with E-state index in [1.165, 1.54) is 263 Å². The zero-order valence-electron chi connectivity index (χ0n) is 47.7. The number of nitrogens with one attached hydrogen (secondary N) is 1. The normalized spacial score (nSPS) is 12.8. The first-order valence-corrected chi connectivity index (χ1v) is 31.8. The lowest BCUT2D eigenvalue weighted by Crippen LogP contribution is -2.45. The molecule has 2 atom stereocenters. The van der Waals surface area contributed by atoms with Gasteiger partial charge in [0, 0.05) is 12.8 Å². The van der Waals surface area contributed by atoms with Crippen LogP contribution < -0.4 is 5.32 Å².